The van der Waals surface area contributed by atoms with Crippen LogP contribution in [0.3, 0.4) is 0 Å². The largest absolute Gasteiger partial charge is 0.372 e. The molecule has 1 amide bonds. The highest BCUT2D eigenvalue weighted by molar-refractivity contribution is 6.33. The number of pyridine rings is 1. The molecule has 1 unspecified atom stereocenters. The van der Waals surface area contributed by atoms with Gasteiger partial charge in [-0.2, -0.15) is 0 Å². The lowest BCUT2D eigenvalue weighted by atomic mass is 9.80. The lowest BCUT2D eigenvalue weighted by Gasteiger charge is -2.27. The first-order valence-corrected chi connectivity index (χ1v) is 7.33. The second kappa shape index (κ2) is 5.60. The molecule has 0 spiro atoms. The molecule has 110 valence electrons. The fraction of sp³-hybridized carbons (Fsp3) is 0.600. The van der Waals surface area contributed by atoms with Gasteiger partial charge >= 0.3 is 0 Å². The molecule has 2 heterocycles. The fourth-order valence-electron chi connectivity index (χ4n) is 2.57. The maximum atomic E-state index is 12.5. The van der Waals surface area contributed by atoms with E-state index in [2.05, 4.69) is 31.1 Å². The normalized spacial score (nSPS) is 19.2. The Labute approximate surface area is 125 Å². The van der Waals surface area contributed by atoms with Crippen molar-refractivity contribution in [1.82, 2.24) is 9.88 Å². The van der Waals surface area contributed by atoms with Crippen LogP contribution in [0, 0.1) is 11.3 Å². The molecule has 1 atom stereocenters. The molecule has 0 aliphatic carbocycles. The Morgan fingerprint density at radius 3 is 2.70 bits per heavy atom. The van der Waals surface area contributed by atoms with Crippen molar-refractivity contribution in [3.63, 3.8) is 0 Å². The van der Waals surface area contributed by atoms with Gasteiger partial charge in [-0.3, -0.25) is 4.79 Å². The van der Waals surface area contributed by atoms with Crippen LogP contribution in [-0.4, -0.2) is 35.9 Å². The Balaban J connectivity index is 2.11. The van der Waals surface area contributed by atoms with Gasteiger partial charge in [0.1, 0.15) is 5.82 Å². The van der Waals surface area contributed by atoms with Gasteiger partial charge in [-0.25, -0.2) is 4.98 Å². The molecule has 2 rings (SSSR count). The molecule has 1 aromatic rings. The lowest BCUT2D eigenvalue weighted by Crippen LogP contribution is -2.31. The summed E-state index contributed by atoms with van der Waals surface area (Å²) in [6.07, 6.45) is 2.65. The van der Waals surface area contributed by atoms with Crippen molar-refractivity contribution >= 4 is 23.3 Å². The molecule has 1 aromatic heterocycles. The minimum Gasteiger partial charge on any atom is -0.372 e. The highest BCUT2D eigenvalue weighted by Gasteiger charge is 2.34. The molecule has 1 aliphatic heterocycles. The number of carbonyl (C=O) groups is 1. The third-order valence-electron chi connectivity index (χ3n) is 4.03. The standard InChI is InChI=1S/C15H22ClN3O/c1-15(2,3)11-5-6-19(9-11)14(20)10-7-12(16)13(17-4)18-8-10/h7-8,11H,5-6,9H2,1-4H3,(H,17,18). The van der Waals surface area contributed by atoms with E-state index in [0.717, 1.165) is 19.5 Å². The van der Waals surface area contributed by atoms with Crippen molar-refractivity contribution in [3.8, 4) is 0 Å². The highest BCUT2D eigenvalue weighted by Crippen LogP contribution is 2.34. The Bertz CT molecular complexity index is 510. The van der Waals surface area contributed by atoms with E-state index in [1.807, 2.05) is 4.90 Å². The lowest BCUT2D eigenvalue weighted by molar-refractivity contribution is 0.0776. The van der Waals surface area contributed by atoms with Gasteiger partial charge in [-0.1, -0.05) is 32.4 Å². The van der Waals surface area contributed by atoms with Gasteiger partial charge in [0, 0.05) is 26.3 Å². The summed E-state index contributed by atoms with van der Waals surface area (Å²) < 4.78 is 0. The smallest absolute Gasteiger partial charge is 0.255 e. The Morgan fingerprint density at radius 1 is 1.50 bits per heavy atom. The van der Waals surface area contributed by atoms with E-state index in [4.69, 9.17) is 11.6 Å². The van der Waals surface area contributed by atoms with Gasteiger partial charge in [0.2, 0.25) is 0 Å². The molecule has 1 N–H and O–H groups in total. The summed E-state index contributed by atoms with van der Waals surface area (Å²) >= 11 is 6.09. The second-order valence-electron chi connectivity index (χ2n) is 6.41. The zero-order chi connectivity index (χ0) is 14.9. The Hall–Kier alpha value is -1.29. The van der Waals surface area contributed by atoms with E-state index in [9.17, 15) is 4.79 Å². The van der Waals surface area contributed by atoms with Gasteiger partial charge < -0.3 is 10.2 Å². The van der Waals surface area contributed by atoms with Crippen LogP contribution in [0.15, 0.2) is 12.3 Å². The minimum atomic E-state index is 0.0220. The SMILES string of the molecule is CNc1ncc(C(=O)N2CCC(C(C)(C)C)C2)cc1Cl. The maximum Gasteiger partial charge on any atom is 0.255 e. The maximum absolute atomic E-state index is 12.5. The number of anilines is 1. The molecular formula is C15H22ClN3O. The number of nitrogens with zero attached hydrogens (tertiary/aromatic N) is 2. The zero-order valence-corrected chi connectivity index (χ0v) is 13.3. The van der Waals surface area contributed by atoms with Gasteiger partial charge in [0.05, 0.1) is 10.6 Å². The predicted molar refractivity (Wildman–Crippen MR) is 82.3 cm³/mol. The van der Waals surface area contributed by atoms with Crippen LogP contribution in [0.4, 0.5) is 5.82 Å². The molecule has 5 heteroatoms. The molecule has 0 saturated carbocycles. The molecule has 1 fully saturated rings. The number of amides is 1. The number of aromatic nitrogens is 1. The highest BCUT2D eigenvalue weighted by atomic mass is 35.5. The summed E-state index contributed by atoms with van der Waals surface area (Å²) in [4.78, 5) is 18.5. The van der Waals surface area contributed by atoms with E-state index in [1.165, 1.54) is 0 Å². The first kappa shape index (κ1) is 15.1. The predicted octanol–water partition coefficient (Wildman–Crippen LogP) is 3.28. The van der Waals surface area contributed by atoms with E-state index in [-0.39, 0.29) is 11.3 Å². The zero-order valence-electron chi connectivity index (χ0n) is 12.5. The molecule has 20 heavy (non-hydrogen) atoms. The van der Waals surface area contributed by atoms with Crippen molar-refractivity contribution in [3.05, 3.63) is 22.8 Å². The van der Waals surface area contributed by atoms with Crippen LogP contribution >= 0.6 is 11.6 Å². The van der Waals surface area contributed by atoms with Crippen LogP contribution < -0.4 is 5.32 Å². The molecule has 4 nitrogen and oxygen atoms in total. The molecule has 1 aliphatic rings. The summed E-state index contributed by atoms with van der Waals surface area (Å²) in [5.74, 6) is 1.16. The van der Waals surface area contributed by atoms with Crippen LogP contribution in [0.2, 0.25) is 5.02 Å². The third kappa shape index (κ3) is 3.06. The molecule has 0 bridgehead atoms. The van der Waals surface area contributed by atoms with Gasteiger partial charge in [0.25, 0.3) is 5.91 Å². The summed E-state index contributed by atoms with van der Waals surface area (Å²) in [7, 11) is 1.75. The number of likely N-dealkylation sites (tertiary alicyclic amines) is 1. The van der Waals surface area contributed by atoms with E-state index < -0.39 is 0 Å². The van der Waals surface area contributed by atoms with E-state index >= 15 is 0 Å². The average molecular weight is 296 g/mol. The summed E-state index contributed by atoms with van der Waals surface area (Å²) in [6.45, 7) is 8.31. The summed E-state index contributed by atoms with van der Waals surface area (Å²) in [6, 6.07) is 1.69. The molecule has 1 saturated heterocycles. The van der Waals surface area contributed by atoms with Crippen molar-refractivity contribution in [2.45, 2.75) is 27.2 Å². The van der Waals surface area contributed by atoms with Crippen LogP contribution in [-0.2, 0) is 0 Å². The van der Waals surface area contributed by atoms with Crippen molar-refractivity contribution in [1.29, 1.82) is 0 Å². The molecule has 0 aromatic carbocycles. The number of carbonyl (C=O) groups excluding carboxylic acids is 1. The van der Waals surface area contributed by atoms with Gasteiger partial charge in [-0.05, 0) is 23.8 Å². The van der Waals surface area contributed by atoms with Crippen LogP contribution in [0.5, 0.6) is 0 Å². The first-order valence-electron chi connectivity index (χ1n) is 6.95. The van der Waals surface area contributed by atoms with E-state index in [1.54, 1.807) is 19.3 Å². The summed E-state index contributed by atoms with van der Waals surface area (Å²) in [5.41, 5.74) is 0.796. The number of nitrogens with one attached hydrogen (secondary N) is 1. The fourth-order valence-corrected chi connectivity index (χ4v) is 2.83. The quantitative estimate of drug-likeness (QED) is 0.910. The van der Waals surface area contributed by atoms with Crippen LogP contribution in [0.25, 0.3) is 0 Å². The van der Waals surface area contributed by atoms with Crippen molar-refractivity contribution in [2.24, 2.45) is 11.3 Å². The minimum absolute atomic E-state index is 0.0220. The first-order chi connectivity index (χ1) is 9.32. The molecule has 0 radical (unpaired) electrons. The number of halogens is 1. The average Bonchev–Trinajstić information content (AvgIpc) is 2.87. The van der Waals surface area contributed by atoms with Gasteiger partial charge in [0.15, 0.2) is 0 Å². The number of rotatable bonds is 2. The van der Waals surface area contributed by atoms with Crippen molar-refractivity contribution in [2.75, 3.05) is 25.5 Å². The topological polar surface area (TPSA) is 45.2 Å². The Kier molecular flexibility index (Phi) is 4.23. The monoisotopic (exact) mass is 295 g/mol. The Morgan fingerprint density at radius 2 is 2.20 bits per heavy atom. The van der Waals surface area contributed by atoms with Crippen LogP contribution in [0.1, 0.15) is 37.6 Å². The number of hydrogen-bond donors (Lipinski definition) is 1. The van der Waals surface area contributed by atoms with E-state index in [0.29, 0.717) is 22.3 Å². The van der Waals surface area contributed by atoms with Gasteiger partial charge in [-0.15, -0.1) is 0 Å². The number of hydrogen-bond acceptors (Lipinski definition) is 3. The third-order valence-corrected chi connectivity index (χ3v) is 4.31. The van der Waals surface area contributed by atoms with Crippen molar-refractivity contribution < 1.29 is 4.79 Å². The molecular weight excluding hydrogens is 274 g/mol. The summed E-state index contributed by atoms with van der Waals surface area (Å²) in [5, 5.41) is 3.37. The second-order valence-corrected chi connectivity index (χ2v) is 6.81.